The molecule has 1 aliphatic heterocycles. The number of hydrogen-bond acceptors (Lipinski definition) is 3. The molecule has 0 saturated carbocycles. The van der Waals surface area contributed by atoms with Gasteiger partial charge >= 0.3 is 5.97 Å². The molecule has 0 aliphatic carbocycles. The second kappa shape index (κ2) is 7.79. The lowest BCUT2D eigenvalue weighted by Gasteiger charge is -2.32. The number of carboxylic acid groups (broad SMARTS) is 1. The van der Waals surface area contributed by atoms with Gasteiger partial charge in [0, 0.05) is 35.6 Å². The molecule has 1 fully saturated rings. The topological polar surface area (TPSA) is 102 Å². The number of aromatic carboxylic acids is 1. The zero-order chi connectivity index (χ0) is 20.4. The lowest BCUT2D eigenvalue weighted by atomic mass is 10.0. The van der Waals surface area contributed by atoms with Crippen molar-refractivity contribution in [1.82, 2.24) is 15.2 Å². The molecule has 2 amide bonds. The molecule has 2 heterocycles. The summed E-state index contributed by atoms with van der Waals surface area (Å²) in [6.07, 6.45) is 1.34. The van der Waals surface area contributed by atoms with Crippen LogP contribution in [0.1, 0.15) is 44.0 Å². The van der Waals surface area contributed by atoms with Gasteiger partial charge in [0.25, 0.3) is 11.8 Å². The van der Waals surface area contributed by atoms with Gasteiger partial charge in [-0.15, -0.1) is 0 Å². The molecular weight excluding hydrogens is 370 g/mol. The Morgan fingerprint density at radius 2 is 1.62 bits per heavy atom. The van der Waals surface area contributed by atoms with E-state index in [4.69, 9.17) is 5.11 Å². The second-order valence-electron chi connectivity index (χ2n) is 7.19. The highest BCUT2D eigenvalue weighted by molar-refractivity contribution is 5.98. The summed E-state index contributed by atoms with van der Waals surface area (Å²) < 4.78 is 0. The van der Waals surface area contributed by atoms with Crippen LogP contribution in [0.2, 0.25) is 0 Å². The number of likely N-dealkylation sites (tertiary alicyclic amines) is 1. The fraction of sp³-hybridized carbons (Fsp3) is 0.227. The number of piperidine rings is 1. The number of rotatable bonds is 4. The molecule has 29 heavy (non-hydrogen) atoms. The van der Waals surface area contributed by atoms with Crippen LogP contribution in [-0.4, -0.2) is 51.9 Å². The van der Waals surface area contributed by atoms with Crippen molar-refractivity contribution in [1.29, 1.82) is 0 Å². The van der Waals surface area contributed by atoms with Gasteiger partial charge in [-0.1, -0.05) is 18.2 Å². The Bertz CT molecular complexity index is 1030. The van der Waals surface area contributed by atoms with Gasteiger partial charge in [-0.25, -0.2) is 4.79 Å². The Kier molecular flexibility index (Phi) is 5.03. The third-order valence-electron chi connectivity index (χ3n) is 5.27. The van der Waals surface area contributed by atoms with Gasteiger partial charge in [-0.3, -0.25) is 9.59 Å². The van der Waals surface area contributed by atoms with E-state index < -0.39 is 5.97 Å². The first kappa shape index (κ1) is 18.7. The number of aromatic amines is 1. The fourth-order valence-electron chi connectivity index (χ4n) is 3.62. The van der Waals surface area contributed by atoms with Gasteiger partial charge in [0.15, 0.2) is 0 Å². The van der Waals surface area contributed by atoms with Gasteiger partial charge in [0.2, 0.25) is 0 Å². The van der Waals surface area contributed by atoms with Gasteiger partial charge in [0.05, 0.1) is 5.56 Å². The molecule has 7 heteroatoms. The molecule has 4 rings (SSSR count). The second-order valence-corrected chi connectivity index (χ2v) is 7.19. The SMILES string of the molecule is O=C(O)c1ccc(C(=O)N2CCC(NC(=O)c3cc4ccccc4[nH]3)CC2)cc1. The third-order valence-corrected chi connectivity index (χ3v) is 5.27. The van der Waals surface area contributed by atoms with Crippen LogP contribution in [0.5, 0.6) is 0 Å². The van der Waals surface area contributed by atoms with Crippen molar-refractivity contribution in [2.45, 2.75) is 18.9 Å². The number of carboxylic acids is 1. The highest BCUT2D eigenvalue weighted by Crippen LogP contribution is 2.17. The van der Waals surface area contributed by atoms with Crippen LogP contribution >= 0.6 is 0 Å². The van der Waals surface area contributed by atoms with E-state index in [2.05, 4.69) is 10.3 Å². The first-order valence-corrected chi connectivity index (χ1v) is 9.52. The molecule has 0 radical (unpaired) electrons. The minimum absolute atomic E-state index is 0.00680. The molecular formula is C22H21N3O4. The van der Waals surface area contributed by atoms with E-state index in [0.29, 0.717) is 37.2 Å². The molecule has 0 unspecified atom stereocenters. The molecule has 3 aromatic rings. The molecule has 0 atom stereocenters. The highest BCUT2D eigenvalue weighted by atomic mass is 16.4. The Labute approximate surface area is 167 Å². The van der Waals surface area contributed by atoms with E-state index in [0.717, 1.165) is 10.9 Å². The van der Waals surface area contributed by atoms with E-state index in [1.807, 2.05) is 30.3 Å². The lowest BCUT2D eigenvalue weighted by Crippen LogP contribution is -2.46. The van der Waals surface area contributed by atoms with Crippen LogP contribution in [0.4, 0.5) is 0 Å². The number of nitrogens with one attached hydrogen (secondary N) is 2. The van der Waals surface area contributed by atoms with Crippen molar-refractivity contribution in [2.75, 3.05) is 13.1 Å². The Balaban J connectivity index is 1.33. The van der Waals surface area contributed by atoms with Gasteiger partial charge in [-0.2, -0.15) is 0 Å². The molecule has 3 N–H and O–H groups in total. The summed E-state index contributed by atoms with van der Waals surface area (Å²) in [5.41, 5.74) is 2.07. The predicted octanol–water partition coefficient (Wildman–Crippen LogP) is 2.90. The number of carbonyl (C=O) groups excluding carboxylic acids is 2. The summed E-state index contributed by atoms with van der Waals surface area (Å²) >= 11 is 0. The number of hydrogen-bond donors (Lipinski definition) is 3. The van der Waals surface area contributed by atoms with Crippen molar-refractivity contribution < 1.29 is 19.5 Å². The van der Waals surface area contributed by atoms with Crippen LogP contribution < -0.4 is 5.32 Å². The third kappa shape index (κ3) is 3.99. The van der Waals surface area contributed by atoms with Crippen molar-refractivity contribution in [3.05, 3.63) is 71.4 Å². The first-order chi connectivity index (χ1) is 14.0. The number of benzene rings is 2. The van der Waals surface area contributed by atoms with Crippen molar-refractivity contribution in [2.24, 2.45) is 0 Å². The summed E-state index contributed by atoms with van der Waals surface area (Å²) in [5, 5.41) is 13.0. The van der Waals surface area contributed by atoms with Gasteiger partial charge < -0.3 is 20.3 Å². The fourth-order valence-corrected chi connectivity index (χ4v) is 3.62. The maximum Gasteiger partial charge on any atom is 0.335 e. The summed E-state index contributed by atoms with van der Waals surface area (Å²) in [5.74, 6) is -1.28. The summed E-state index contributed by atoms with van der Waals surface area (Å²) in [6.45, 7) is 1.08. The van der Waals surface area contributed by atoms with E-state index >= 15 is 0 Å². The lowest BCUT2D eigenvalue weighted by molar-refractivity contribution is 0.0681. The molecule has 148 valence electrons. The minimum Gasteiger partial charge on any atom is -0.478 e. The largest absolute Gasteiger partial charge is 0.478 e. The smallest absolute Gasteiger partial charge is 0.335 e. The Morgan fingerprint density at radius 1 is 0.966 bits per heavy atom. The number of nitrogens with zero attached hydrogens (tertiary/aromatic N) is 1. The molecule has 2 aromatic carbocycles. The summed E-state index contributed by atoms with van der Waals surface area (Å²) in [6, 6.07) is 15.5. The van der Waals surface area contributed by atoms with Crippen molar-refractivity contribution >= 4 is 28.7 Å². The van der Waals surface area contributed by atoms with Gasteiger partial charge in [0.1, 0.15) is 5.69 Å². The van der Waals surface area contributed by atoms with Crippen LogP contribution in [-0.2, 0) is 0 Å². The van der Waals surface area contributed by atoms with E-state index in [-0.39, 0.29) is 23.4 Å². The summed E-state index contributed by atoms with van der Waals surface area (Å²) in [7, 11) is 0. The number of amides is 2. The summed E-state index contributed by atoms with van der Waals surface area (Å²) in [4.78, 5) is 40.9. The predicted molar refractivity (Wildman–Crippen MR) is 108 cm³/mol. The molecule has 1 aromatic heterocycles. The molecule has 1 saturated heterocycles. The zero-order valence-corrected chi connectivity index (χ0v) is 15.7. The van der Waals surface area contributed by atoms with Gasteiger partial charge in [-0.05, 0) is 49.2 Å². The van der Waals surface area contributed by atoms with E-state index in [1.165, 1.54) is 24.3 Å². The van der Waals surface area contributed by atoms with E-state index in [1.54, 1.807) is 4.90 Å². The molecule has 0 bridgehead atoms. The number of fused-ring (bicyclic) bond motifs is 1. The van der Waals surface area contributed by atoms with Crippen LogP contribution in [0, 0.1) is 0 Å². The maximum absolute atomic E-state index is 12.6. The van der Waals surface area contributed by atoms with Crippen molar-refractivity contribution in [3.63, 3.8) is 0 Å². The average Bonchev–Trinajstić information content (AvgIpc) is 3.18. The van der Waals surface area contributed by atoms with Crippen LogP contribution in [0.25, 0.3) is 10.9 Å². The normalized spacial score (nSPS) is 14.7. The highest BCUT2D eigenvalue weighted by Gasteiger charge is 2.25. The number of para-hydroxylation sites is 1. The van der Waals surface area contributed by atoms with Crippen LogP contribution in [0.3, 0.4) is 0 Å². The van der Waals surface area contributed by atoms with Crippen LogP contribution in [0.15, 0.2) is 54.6 Å². The first-order valence-electron chi connectivity index (χ1n) is 9.52. The average molecular weight is 391 g/mol. The maximum atomic E-state index is 12.6. The molecule has 0 spiro atoms. The Morgan fingerprint density at radius 3 is 2.28 bits per heavy atom. The van der Waals surface area contributed by atoms with E-state index in [9.17, 15) is 14.4 Å². The minimum atomic E-state index is -1.02. The molecule has 1 aliphatic rings. The van der Waals surface area contributed by atoms with Crippen molar-refractivity contribution in [3.8, 4) is 0 Å². The quantitative estimate of drug-likeness (QED) is 0.636. The number of carbonyl (C=O) groups is 3. The number of H-pyrrole nitrogens is 1. The molecule has 7 nitrogen and oxygen atoms in total. The monoisotopic (exact) mass is 391 g/mol. The number of aromatic nitrogens is 1. The zero-order valence-electron chi connectivity index (χ0n) is 15.7. The standard InChI is InChI=1S/C22H21N3O4/c26-20(19-13-16-3-1-2-4-18(16)24-19)23-17-9-11-25(12-10-17)21(27)14-5-7-15(8-6-14)22(28)29/h1-8,13,17,24H,9-12H2,(H,23,26)(H,28,29). The Hall–Kier alpha value is -3.61.